The Labute approximate surface area is 148 Å². The van der Waals surface area contributed by atoms with Crippen molar-refractivity contribution in [3.05, 3.63) is 33.9 Å². The number of benzene rings is 1. The van der Waals surface area contributed by atoms with Gasteiger partial charge in [0.25, 0.3) is 11.6 Å². The van der Waals surface area contributed by atoms with E-state index in [9.17, 15) is 14.9 Å². The molecule has 1 saturated heterocycles. The Bertz CT molecular complexity index is 596. The zero-order chi connectivity index (χ0) is 17.7. The number of amides is 1. The number of hydrogen-bond acceptors (Lipinski definition) is 4. The number of carbonyl (C=O) groups is 1. The van der Waals surface area contributed by atoms with Gasteiger partial charge in [-0.3, -0.25) is 14.9 Å². The summed E-state index contributed by atoms with van der Waals surface area (Å²) in [6.45, 7) is 7.93. The van der Waals surface area contributed by atoms with Crippen LogP contribution in [0, 0.1) is 22.0 Å². The summed E-state index contributed by atoms with van der Waals surface area (Å²) in [5.41, 5.74) is 0.462. The molecule has 1 fully saturated rings. The van der Waals surface area contributed by atoms with Crippen molar-refractivity contribution in [3.8, 4) is 0 Å². The third-order valence-corrected chi connectivity index (χ3v) is 5.52. The van der Waals surface area contributed by atoms with Gasteiger partial charge in [0.15, 0.2) is 0 Å². The maximum atomic E-state index is 12.6. The lowest BCUT2D eigenvalue weighted by Gasteiger charge is -2.30. The van der Waals surface area contributed by atoms with Crippen LogP contribution >= 0.6 is 11.8 Å². The second-order valence-electron chi connectivity index (χ2n) is 6.95. The quantitative estimate of drug-likeness (QED) is 0.427. The molecule has 0 aliphatic carbocycles. The number of rotatable bonds is 6. The minimum atomic E-state index is -0.382. The highest BCUT2D eigenvalue weighted by Crippen LogP contribution is 2.31. The molecule has 1 aromatic carbocycles. The van der Waals surface area contributed by atoms with Crippen molar-refractivity contribution in [2.45, 2.75) is 44.9 Å². The lowest BCUT2D eigenvalue weighted by molar-refractivity contribution is -0.387. The minimum Gasteiger partial charge on any atom is -0.339 e. The zero-order valence-electron chi connectivity index (χ0n) is 14.7. The van der Waals surface area contributed by atoms with E-state index in [0.29, 0.717) is 22.3 Å². The predicted octanol–water partition coefficient (Wildman–Crippen LogP) is 4.61. The molecule has 1 aromatic rings. The molecule has 0 aromatic heterocycles. The molecule has 1 heterocycles. The largest absolute Gasteiger partial charge is 0.339 e. The van der Waals surface area contributed by atoms with Gasteiger partial charge in [-0.05, 0) is 49.0 Å². The summed E-state index contributed by atoms with van der Waals surface area (Å²) in [6, 6.07) is 4.89. The van der Waals surface area contributed by atoms with E-state index in [1.165, 1.54) is 17.8 Å². The number of nitrogens with zero attached hydrogens (tertiary/aromatic N) is 2. The van der Waals surface area contributed by atoms with E-state index in [1.807, 2.05) is 4.90 Å². The van der Waals surface area contributed by atoms with Crippen LogP contribution in [0.4, 0.5) is 5.69 Å². The Morgan fingerprint density at radius 2 is 2.04 bits per heavy atom. The SMILES string of the molecule is CC(C)CCSc1ccc(C(=O)N2CCC(C)CC2)cc1[N+](=O)[O-]. The second-order valence-corrected chi connectivity index (χ2v) is 8.08. The van der Waals surface area contributed by atoms with Crippen LogP contribution < -0.4 is 0 Å². The number of hydrogen-bond donors (Lipinski definition) is 0. The summed E-state index contributed by atoms with van der Waals surface area (Å²) in [5.74, 6) is 1.96. The van der Waals surface area contributed by atoms with Gasteiger partial charge >= 0.3 is 0 Å². The van der Waals surface area contributed by atoms with Crippen molar-refractivity contribution >= 4 is 23.4 Å². The number of thioether (sulfide) groups is 1. The van der Waals surface area contributed by atoms with Crippen LogP contribution in [0.5, 0.6) is 0 Å². The molecular formula is C18H26N2O3S. The highest BCUT2D eigenvalue weighted by molar-refractivity contribution is 7.99. The molecule has 2 rings (SSSR count). The van der Waals surface area contributed by atoms with Gasteiger partial charge in [0.05, 0.1) is 9.82 Å². The first-order valence-corrected chi connectivity index (χ1v) is 9.57. The summed E-state index contributed by atoms with van der Waals surface area (Å²) < 4.78 is 0. The Morgan fingerprint density at radius 1 is 1.38 bits per heavy atom. The van der Waals surface area contributed by atoms with Crippen LogP contribution in [-0.2, 0) is 0 Å². The molecule has 1 aliphatic rings. The number of nitro benzene ring substituents is 1. The fraction of sp³-hybridized carbons (Fsp3) is 0.611. The lowest BCUT2D eigenvalue weighted by atomic mass is 9.98. The van der Waals surface area contributed by atoms with Crippen LogP contribution in [0.25, 0.3) is 0 Å². The van der Waals surface area contributed by atoms with E-state index in [1.54, 1.807) is 12.1 Å². The first-order chi connectivity index (χ1) is 11.4. The van der Waals surface area contributed by atoms with Crippen LogP contribution in [-0.4, -0.2) is 34.6 Å². The molecular weight excluding hydrogens is 324 g/mol. The molecule has 5 nitrogen and oxygen atoms in total. The number of piperidine rings is 1. The molecule has 0 saturated carbocycles. The summed E-state index contributed by atoms with van der Waals surface area (Å²) >= 11 is 1.49. The normalized spacial score (nSPS) is 15.8. The van der Waals surface area contributed by atoms with Gasteiger partial charge in [0.2, 0.25) is 0 Å². The molecule has 24 heavy (non-hydrogen) atoms. The zero-order valence-corrected chi connectivity index (χ0v) is 15.5. The molecule has 1 aliphatic heterocycles. The molecule has 1 amide bonds. The van der Waals surface area contributed by atoms with E-state index in [-0.39, 0.29) is 16.5 Å². The van der Waals surface area contributed by atoms with Crippen molar-refractivity contribution < 1.29 is 9.72 Å². The highest BCUT2D eigenvalue weighted by Gasteiger charge is 2.24. The predicted molar refractivity (Wildman–Crippen MR) is 97.6 cm³/mol. The Kier molecular flexibility index (Phi) is 6.66. The van der Waals surface area contributed by atoms with Gasteiger partial charge in [-0.15, -0.1) is 11.8 Å². The van der Waals surface area contributed by atoms with Crippen molar-refractivity contribution in [1.29, 1.82) is 0 Å². The lowest BCUT2D eigenvalue weighted by Crippen LogP contribution is -2.37. The van der Waals surface area contributed by atoms with Crippen LogP contribution in [0.3, 0.4) is 0 Å². The van der Waals surface area contributed by atoms with E-state index in [0.717, 1.165) is 38.1 Å². The number of carbonyl (C=O) groups excluding carboxylic acids is 1. The maximum Gasteiger partial charge on any atom is 0.283 e. The molecule has 0 spiro atoms. The monoisotopic (exact) mass is 350 g/mol. The molecule has 0 N–H and O–H groups in total. The maximum absolute atomic E-state index is 12.6. The Hall–Kier alpha value is -1.56. The van der Waals surface area contributed by atoms with Crippen LogP contribution in [0.15, 0.2) is 23.1 Å². The fourth-order valence-corrected chi connectivity index (χ4v) is 3.97. The third kappa shape index (κ3) is 4.97. The average Bonchev–Trinajstić information content (AvgIpc) is 2.54. The number of nitro groups is 1. The van der Waals surface area contributed by atoms with Crippen molar-refractivity contribution in [2.75, 3.05) is 18.8 Å². The third-order valence-electron chi connectivity index (χ3n) is 4.43. The molecule has 0 unspecified atom stereocenters. The summed E-state index contributed by atoms with van der Waals surface area (Å²) in [6.07, 6.45) is 3.00. The highest BCUT2D eigenvalue weighted by atomic mass is 32.2. The summed E-state index contributed by atoms with van der Waals surface area (Å²) in [5, 5.41) is 11.4. The number of likely N-dealkylation sites (tertiary alicyclic amines) is 1. The Balaban J connectivity index is 2.12. The topological polar surface area (TPSA) is 63.5 Å². The van der Waals surface area contributed by atoms with Crippen molar-refractivity contribution in [3.63, 3.8) is 0 Å². The van der Waals surface area contributed by atoms with E-state index in [2.05, 4.69) is 20.8 Å². The first-order valence-electron chi connectivity index (χ1n) is 8.59. The molecule has 0 radical (unpaired) electrons. The van der Waals surface area contributed by atoms with Crippen LogP contribution in [0.1, 0.15) is 50.4 Å². The van der Waals surface area contributed by atoms with E-state index >= 15 is 0 Å². The van der Waals surface area contributed by atoms with Crippen molar-refractivity contribution in [2.24, 2.45) is 11.8 Å². The minimum absolute atomic E-state index is 0.0417. The van der Waals surface area contributed by atoms with Gasteiger partial charge in [0, 0.05) is 24.7 Å². The summed E-state index contributed by atoms with van der Waals surface area (Å²) in [4.78, 5) is 26.0. The van der Waals surface area contributed by atoms with E-state index in [4.69, 9.17) is 0 Å². The van der Waals surface area contributed by atoms with Gasteiger partial charge in [-0.25, -0.2) is 0 Å². The average molecular weight is 350 g/mol. The van der Waals surface area contributed by atoms with Gasteiger partial charge in [-0.2, -0.15) is 0 Å². The molecule has 132 valence electrons. The van der Waals surface area contributed by atoms with Gasteiger partial charge < -0.3 is 4.90 Å². The fourth-order valence-electron chi connectivity index (χ4n) is 2.71. The molecule has 0 bridgehead atoms. The molecule has 0 atom stereocenters. The standard InChI is InChI=1S/C18H26N2O3S/c1-13(2)8-11-24-17-5-4-15(12-16(17)20(22)23)18(21)19-9-6-14(3)7-10-19/h4-5,12-14H,6-11H2,1-3H3. The van der Waals surface area contributed by atoms with E-state index < -0.39 is 0 Å². The summed E-state index contributed by atoms with van der Waals surface area (Å²) in [7, 11) is 0. The second kappa shape index (κ2) is 8.51. The van der Waals surface area contributed by atoms with Crippen molar-refractivity contribution in [1.82, 2.24) is 4.90 Å². The van der Waals surface area contributed by atoms with Gasteiger partial charge in [-0.1, -0.05) is 20.8 Å². The Morgan fingerprint density at radius 3 is 2.62 bits per heavy atom. The smallest absolute Gasteiger partial charge is 0.283 e. The van der Waals surface area contributed by atoms with Gasteiger partial charge in [0.1, 0.15) is 0 Å². The van der Waals surface area contributed by atoms with Crippen LogP contribution in [0.2, 0.25) is 0 Å². The molecule has 6 heteroatoms. The first kappa shape index (κ1) is 18.8.